The second-order valence-corrected chi connectivity index (χ2v) is 4.40. The van der Waals surface area contributed by atoms with Crippen molar-refractivity contribution in [2.75, 3.05) is 6.61 Å². The van der Waals surface area contributed by atoms with Gasteiger partial charge in [-0.05, 0) is 25.5 Å². The Morgan fingerprint density at radius 3 is 2.38 bits per heavy atom. The zero-order valence-electron chi connectivity index (χ0n) is 11.1. The second-order valence-electron chi connectivity index (χ2n) is 4.40. The molecule has 6 nitrogen and oxygen atoms in total. The Morgan fingerprint density at radius 2 is 1.95 bits per heavy atom. The Hall–Kier alpha value is -2.32. The van der Waals surface area contributed by atoms with Gasteiger partial charge in [0, 0.05) is 11.6 Å². The summed E-state index contributed by atoms with van der Waals surface area (Å²) < 4.78 is 42.3. The van der Waals surface area contributed by atoms with Crippen LogP contribution in [0.1, 0.15) is 11.1 Å². The highest BCUT2D eigenvalue weighted by molar-refractivity contribution is 5.71. The smallest absolute Gasteiger partial charge is 0.405 e. The first-order chi connectivity index (χ1) is 9.54. The quantitative estimate of drug-likeness (QED) is 0.667. The highest BCUT2D eigenvalue weighted by atomic mass is 19.4. The van der Waals surface area contributed by atoms with E-state index in [2.05, 4.69) is 0 Å². The molecule has 0 aromatic heterocycles. The number of aryl methyl sites for hydroxylation is 2. The molecule has 0 saturated carbocycles. The Kier molecular flexibility index (Phi) is 4.77. The van der Waals surface area contributed by atoms with Crippen molar-refractivity contribution >= 4 is 11.7 Å². The van der Waals surface area contributed by atoms with Gasteiger partial charge >= 0.3 is 12.1 Å². The molecule has 0 saturated heterocycles. The molecular weight excluding hydrogens is 295 g/mol. The highest BCUT2D eigenvalue weighted by Crippen LogP contribution is 2.30. The van der Waals surface area contributed by atoms with Gasteiger partial charge in [0.05, 0.1) is 4.92 Å². The summed E-state index contributed by atoms with van der Waals surface area (Å²) >= 11 is 0. The van der Waals surface area contributed by atoms with E-state index < -0.39 is 29.6 Å². The van der Waals surface area contributed by atoms with E-state index >= 15 is 0 Å². The van der Waals surface area contributed by atoms with E-state index in [4.69, 9.17) is 9.84 Å². The SMILES string of the molecule is Cc1cc([N+](=O)[O-])c(C)cc1OCC(C(=O)O)C(F)(F)F. The molecule has 9 heteroatoms. The van der Waals surface area contributed by atoms with Gasteiger partial charge in [-0.25, -0.2) is 0 Å². The lowest BCUT2D eigenvalue weighted by molar-refractivity contribution is -0.385. The number of nitro groups is 1. The first-order valence-corrected chi connectivity index (χ1v) is 5.72. The number of hydrogen-bond donors (Lipinski definition) is 1. The number of aliphatic carboxylic acids is 1. The van der Waals surface area contributed by atoms with Crippen LogP contribution in [0, 0.1) is 29.9 Å². The molecule has 0 spiro atoms. The average Bonchev–Trinajstić information content (AvgIpc) is 2.30. The largest absolute Gasteiger partial charge is 0.492 e. The van der Waals surface area contributed by atoms with Crippen LogP contribution < -0.4 is 4.74 Å². The average molecular weight is 307 g/mol. The van der Waals surface area contributed by atoms with Crippen LogP contribution in [0.5, 0.6) is 5.75 Å². The molecule has 0 radical (unpaired) electrons. The van der Waals surface area contributed by atoms with E-state index in [0.717, 1.165) is 6.07 Å². The van der Waals surface area contributed by atoms with Crippen LogP contribution >= 0.6 is 0 Å². The Balaban J connectivity index is 2.96. The number of carbonyl (C=O) groups is 1. The fourth-order valence-electron chi connectivity index (χ4n) is 1.61. The molecule has 116 valence electrons. The lowest BCUT2D eigenvalue weighted by Crippen LogP contribution is -2.35. The molecule has 0 aliphatic heterocycles. The van der Waals surface area contributed by atoms with Crippen LogP contribution in [0.3, 0.4) is 0 Å². The predicted molar refractivity (Wildman–Crippen MR) is 65.2 cm³/mol. The molecule has 1 aromatic rings. The van der Waals surface area contributed by atoms with Gasteiger partial charge in [0.1, 0.15) is 12.4 Å². The molecule has 1 N–H and O–H groups in total. The number of hydrogen-bond acceptors (Lipinski definition) is 4. The summed E-state index contributed by atoms with van der Waals surface area (Å²) in [6.45, 7) is 1.73. The number of benzene rings is 1. The van der Waals surface area contributed by atoms with Crippen molar-refractivity contribution in [3.05, 3.63) is 33.4 Å². The van der Waals surface area contributed by atoms with Gasteiger partial charge in [0.25, 0.3) is 5.69 Å². The molecule has 0 heterocycles. The van der Waals surface area contributed by atoms with Crippen LogP contribution in [-0.2, 0) is 4.79 Å². The molecule has 1 unspecified atom stereocenters. The monoisotopic (exact) mass is 307 g/mol. The summed E-state index contributed by atoms with van der Waals surface area (Å²) in [4.78, 5) is 20.7. The molecule has 21 heavy (non-hydrogen) atoms. The summed E-state index contributed by atoms with van der Waals surface area (Å²) in [6, 6.07) is 2.37. The van der Waals surface area contributed by atoms with E-state index in [0.29, 0.717) is 0 Å². The maximum absolute atomic E-state index is 12.5. The maximum atomic E-state index is 12.5. The van der Waals surface area contributed by atoms with Crippen LogP contribution in [0.2, 0.25) is 0 Å². The zero-order valence-corrected chi connectivity index (χ0v) is 11.1. The third kappa shape index (κ3) is 4.07. The first-order valence-electron chi connectivity index (χ1n) is 5.72. The van der Waals surface area contributed by atoms with Gasteiger partial charge in [-0.2, -0.15) is 13.2 Å². The Bertz CT molecular complexity index is 571. The minimum atomic E-state index is -4.93. The molecule has 0 aliphatic carbocycles. The molecular formula is C12H12F3NO5. The summed E-state index contributed by atoms with van der Waals surface area (Å²) in [6.07, 6.45) is -4.93. The van der Waals surface area contributed by atoms with E-state index in [9.17, 15) is 28.1 Å². The lowest BCUT2D eigenvalue weighted by Gasteiger charge is -2.17. The van der Waals surface area contributed by atoms with Gasteiger partial charge in [-0.1, -0.05) is 0 Å². The number of nitro benzene ring substituents is 1. The van der Waals surface area contributed by atoms with E-state index in [1.165, 1.54) is 19.9 Å². The van der Waals surface area contributed by atoms with E-state index in [1.807, 2.05) is 0 Å². The number of alkyl halides is 3. The molecule has 1 aromatic carbocycles. The van der Waals surface area contributed by atoms with Crippen molar-refractivity contribution < 1.29 is 32.7 Å². The number of carboxylic acids is 1. The van der Waals surface area contributed by atoms with Crippen molar-refractivity contribution in [3.8, 4) is 5.75 Å². The maximum Gasteiger partial charge on any atom is 0.405 e. The molecule has 0 aliphatic rings. The number of carboxylic acid groups (broad SMARTS) is 1. The van der Waals surface area contributed by atoms with Gasteiger partial charge in [0.2, 0.25) is 0 Å². The van der Waals surface area contributed by atoms with Gasteiger partial charge in [-0.3, -0.25) is 14.9 Å². The number of ether oxygens (including phenoxy) is 1. The van der Waals surface area contributed by atoms with Crippen molar-refractivity contribution in [3.63, 3.8) is 0 Å². The summed E-state index contributed by atoms with van der Waals surface area (Å²) in [7, 11) is 0. The summed E-state index contributed by atoms with van der Waals surface area (Å²) in [5.41, 5.74) is 0.267. The number of halogens is 3. The summed E-state index contributed by atoms with van der Waals surface area (Å²) in [5.74, 6) is -4.72. The van der Waals surface area contributed by atoms with Crippen LogP contribution in [0.4, 0.5) is 18.9 Å². The van der Waals surface area contributed by atoms with E-state index in [-0.39, 0.29) is 22.6 Å². The zero-order chi connectivity index (χ0) is 16.4. The normalized spacial score (nSPS) is 12.8. The van der Waals surface area contributed by atoms with Crippen molar-refractivity contribution in [2.45, 2.75) is 20.0 Å². The molecule has 1 atom stereocenters. The van der Waals surface area contributed by atoms with Gasteiger partial charge in [0.15, 0.2) is 5.92 Å². The van der Waals surface area contributed by atoms with Crippen LogP contribution in [-0.4, -0.2) is 28.8 Å². The topological polar surface area (TPSA) is 89.7 Å². The Labute approximate surface area is 117 Å². The minimum Gasteiger partial charge on any atom is -0.492 e. The van der Waals surface area contributed by atoms with Crippen molar-refractivity contribution in [1.82, 2.24) is 0 Å². The standard InChI is InChI=1S/C12H12F3NO5/c1-6-4-10(7(2)3-9(6)16(19)20)21-5-8(11(17)18)12(13,14)15/h3-4,8H,5H2,1-2H3,(H,17,18). The van der Waals surface area contributed by atoms with Gasteiger partial charge in [-0.15, -0.1) is 0 Å². The van der Waals surface area contributed by atoms with Crippen LogP contribution in [0.25, 0.3) is 0 Å². The van der Waals surface area contributed by atoms with Gasteiger partial charge < -0.3 is 9.84 Å². The molecule has 1 rings (SSSR count). The van der Waals surface area contributed by atoms with E-state index in [1.54, 1.807) is 0 Å². The Morgan fingerprint density at radius 1 is 1.38 bits per heavy atom. The molecule has 0 amide bonds. The number of nitrogens with zero attached hydrogens (tertiary/aromatic N) is 1. The first kappa shape index (κ1) is 16.7. The molecule has 0 fully saturated rings. The predicted octanol–water partition coefficient (Wildman–Crippen LogP) is 2.85. The minimum absolute atomic E-state index is 0.0198. The third-order valence-electron chi connectivity index (χ3n) is 2.79. The third-order valence-corrected chi connectivity index (χ3v) is 2.79. The number of rotatable bonds is 5. The highest BCUT2D eigenvalue weighted by Gasteiger charge is 2.45. The lowest BCUT2D eigenvalue weighted by atomic mass is 10.1. The van der Waals surface area contributed by atoms with Crippen molar-refractivity contribution in [2.24, 2.45) is 5.92 Å². The fraction of sp³-hybridized carbons (Fsp3) is 0.417. The molecule has 0 bridgehead atoms. The summed E-state index contributed by atoms with van der Waals surface area (Å²) in [5, 5.41) is 19.2. The van der Waals surface area contributed by atoms with Crippen molar-refractivity contribution in [1.29, 1.82) is 0 Å². The van der Waals surface area contributed by atoms with Crippen LogP contribution in [0.15, 0.2) is 12.1 Å². The second kappa shape index (κ2) is 5.98. The fourth-order valence-corrected chi connectivity index (χ4v) is 1.61.